The number of nitrogens with zero attached hydrogens (tertiary/aromatic N) is 2. The van der Waals surface area contributed by atoms with Gasteiger partial charge < -0.3 is 5.32 Å². The molecule has 0 aliphatic rings. The van der Waals surface area contributed by atoms with E-state index < -0.39 is 0 Å². The Balaban J connectivity index is 1.84. The molecule has 0 radical (unpaired) electrons. The summed E-state index contributed by atoms with van der Waals surface area (Å²) in [4.78, 5) is 0. The zero-order valence-electron chi connectivity index (χ0n) is 12.9. The largest absolute Gasteiger partial charge is 0.312 e. The number of hydrogen-bond acceptors (Lipinski definition) is 2. The SMILES string of the molecule is CCCCn1nc(C)c(CNCCc2ccccc2)c1Cl. The van der Waals surface area contributed by atoms with Gasteiger partial charge in [-0.15, -0.1) is 0 Å². The van der Waals surface area contributed by atoms with Crippen LogP contribution in [0.4, 0.5) is 0 Å². The van der Waals surface area contributed by atoms with Crippen LogP contribution in [0.2, 0.25) is 5.15 Å². The number of nitrogens with one attached hydrogen (secondary N) is 1. The standard InChI is InChI=1S/C17H24ClN3/c1-3-4-12-21-17(18)16(14(2)20-21)13-19-11-10-15-8-6-5-7-9-15/h5-9,19H,3-4,10-13H2,1-2H3. The summed E-state index contributed by atoms with van der Waals surface area (Å²) >= 11 is 6.42. The Morgan fingerprint density at radius 2 is 2.00 bits per heavy atom. The Bertz CT molecular complexity index is 549. The lowest BCUT2D eigenvalue weighted by atomic mass is 10.1. The van der Waals surface area contributed by atoms with Gasteiger partial charge in [0.15, 0.2) is 0 Å². The third kappa shape index (κ3) is 4.58. The van der Waals surface area contributed by atoms with Crippen LogP contribution >= 0.6 is 11.6 Å². The first-order valence-corrected chi connectivity index (χ1v) is 8.06. The second-order valence-corrected chi connectivity index (χ2v) is 5.70. The molecule has 0 aliphatic heterocycles. The van der Waals surface area contributed by atoms with Gasteiger partial charge in [-0.3, -0.25) is 4.68 Å². The molecule has 2 rings (SSSR count). The summed E-state index contributed by atoms with van der Waals surface area (Å²) in [6, 6.07) is 10.5. The molecule has 21 heavy (non-hydrogen) atoms. The second-order valence-electron chi connectivity index (χ2n) is 5.34. The molecule has 1 aromatic heterocycles. The number of benzene rings is 1. The molecule has 1 heterocycles. The molecule has 114 valence electrons. The summed E-state index contributed by atoms with van der Waals surface area (Å²) in [5.74, 6) is 0. The lowest BCUT2D eigenvalue weighted by Crippen LogP contribution is -2.17. The van der Waals surface area contributed by atoms with Gasteiger partial charge in [0.1, 0.15) is 5.15 Å². The fraction of sp³-hybridized carbons (Fsp3) is 0.471. The Kier molecular flexibility index (Phi) is 6.27. The molecule has 0 saturated heterocycles. The zero-order chi connectivity index (χ0) is 15.1. The second kappa shape index (κ2) is 8.20. The van der Waals surface area contributed by atoms with E-state index in [1.54, 1.807) is 0 Å². The smallest absolute Gasteiger partial charge is 0.131 e. The number of rotatable bonds is 8. The maximum Gasteiger partial charge on any atom is 0.131 e. The van der Waals surface area contributed by atoms with Crippen LogP contribution in [0.5, 0.6) is 0 Å². The van der Waals surface area contributed by atoms with Crippen molar-refractivity contribution in [2.75, 3.05) is 6.54 Å². The first kappa shape index (κ1) is 16.1. The van der Waals surface area contributed by atoms with Crippen LogP contribution in [-0.4, -0.2) is 16.3 Å². The topological polar surface area (TPSA) is 29.9 Å². The van der Waals surface area contributed by atoms with E-state index in [2.05, 4.69) is 41.6 Å². The summed E-state index contributed by atoms with van der Waals surface area (Å²) in [6.45, 7) is 6.84. The van der Waals surface area contributed by atoms with Crippen molar-refractivity contribution < 1.29 is 0 Å². The fourth-order valence-electron chi connectivity index (χ4n) is 2.34. The molecule has 0 saturated carbocycles. The van der Waals surface area contributed by atoms with Crippen molar-refractivity contribution in [3.63, 3.8) is 0 Å². The lowest BCUT2D eigenvalue weighted by molar-refractivity contribution is 0.568. The third-order valence-corrected chi connectivity index (χ3v) is 4.06. The minimum absolute atomic E-state index is 0.781. The molecular formula is C17H24ClN3. The van der Waals surface area contributed by atoms with Crippen LogP contribution in [0, 0.1) is 6.92 Å². The van der Waals surface area contributed by atoms with Gasteiger partial charge in [-0.05, 0) is 31.9 Å². The van der Waals surface area contributed by atoms with E-state index in [1.165, 1.54) is 5.56 Å². The van der Waals surface area contributed by atoms with Gasteiger partial charge in [0, 0.05) is 18.7 Å². The summed E-state index contributed by atoms with van der Waals surface area (Å²) in [5, 5.41) is 8.78. The number of hydrogen-bond donors (Lipinski definition) is 1. The first-order chi connectivity index (χ1) is 10.2. The Hall–Kier alpha value is -1.32. The molecule has 0 atom stereocenters. The van der Waals surface area contributed by atoms with E-state index in [-0.39, 0.29) is 0 Å². The highest BCUT2D eigenvalue weighted by atomic mass is 35.5. The van der Waals surface area contributed by atoms with E-state index in [0.717, 1.165) is 55.3 Å². The molecule has 1 aromatic carbocycles. The van der Waals surface area contributed by atoms with Gasteiger partial charge in [0.25, 0.3) is 0 Å². The average molecular weight is 306 g/mol. The Morgan fingerprint density at radius 3 is 2.71 bits per heavy atom. The highest BCUT2D eigenvalue weighted by Gasteiger charge is 2.12. The molecule has 2 aromatic rings. The van der Waals surface area contributed by atoms with E-state index >= 15 is 0 Å². The van der Waals surface area contributed by atoms with Gasteiger partial charge in [-0.2, -0.15) is 5.10 Å². The predicted molar refractivity (Wildman–Crippen MR) is 88.7 cm³/mol. The van der Waals surface area contributed by atoms with Crippen molar-refractivity contribution >= 4 is 11.6 Å². The lowest BCUT2D eigenvalue weighted by Gasteiger charge is -2.05. The van der Waals surface area contributed by atoms with Crippen molar-refractivity contribution in [3.05, 3.63) is 52.3 Å². The summed E-state index contributed by atoms with van der Waals surface area (Å²) in [7, 11) is 0. The molecule has 0 spiro atoms. The van der Waals surface area contributed by atoms with Crippen LogP contribution in [-0.2, 0) is 19.5 Å². The average Bonchev–Trinajstić information content (AvgIpc) is 2.77. The van der Waals surface area contributed by atoms with Crippen LogP contribution < -0.4 is 5.32 Å². The minimum atomic E-state index is 0.781. The van der Waals surface area contributed by atoms with Crippen LogP contribution in [0.3, 0.4) is 0 Å². The van der Waals surface area contributed by atoms with Crippen LogP contribution in [0.1, 0.15) is 36.6 Å². The maximum absolute atomic E-state index is 6.42. The molecule has 0 fully saturated rings. The molecule has 0 unspecified atom stereocenters. The van der Waals surface area contributed by atoms with Gasteiger partial charge in [-0.1, -0.05) is 55.3 Å². The third-order valence-electron chi connectivity index (χ3n) is 3.64. The number of halogens is 1. The fourth-order valence-corrected chi connectivity index (χ4v) is 2.66. The van der Waals surface area contributed by atoms with Crippen molar-refractivity contribution in [1.29, 1.82) is 0 Å². The molecule has 1 N–H and O–H groups in total. The molecule has 0 bridgehead atoms. The van der Waals surface area contributed by atoms with E-state index in [9.17, 15) is 0 Å². The summed E-state index contributed by atoms with van der Waals surface area (Å²) < 4.78 is 1.93. The maximum atomic E-state index is 6.42. The molecule has 0 aliphatic carbocycles. The van der Waals surface area contributed by atoms with Crippen LogP contribution in [0.15, 0.2) is 30.3 Å². The van der Waals surface area contributed by atoms with E-state index in [0.29, 0.717) is 0 Å². The van der Waals surface area contributed by atoms with Gasteiger partial charge >= 0.3 is 0 Å². The quantitative estimate of drug-likeness (QED) is 0.748. The van der Waals surface area contributed by atoms with Crippen molar-refractivity contribution in [3.8, 4) is 0 Å². The Labute approximate surface area is 132 Å². The first-order valence-electron chi connectivity index (χ1n) is 7.68. The molecule has 0 amide bonds. The number of aromatic nitrogens is 2. The van der Waals surface area contributed by atoms with Crippen molar-refractivity contribution in [2.24, 2.45) is 0 Å². The van der Waals surface area contributed by atoms with E-state index in [4.69, 9.17) is 11.6 Å². The molecular weight excluding hydrogens is 282 g/mol. The van der Waals surface area contributed by atoms with Crippen molar-refractivity contribution in [1.82, 2.24) is 15.1 Å². The summed E-state index contributed by atoms with van der Waals surface area (Å²) in [6.07, 6.45) is 3.29. The van der Waals surface area contributed by atoms with Gasteiger partial charge in [0.2, 0.25) is 0 Å². The summed E-state index contributed by atoms with van der Waals surface area (Å²) in [5.41, 5.74) is 3.51. The van der Waals surface area contributed by atoms with E-state index in [1.807, 2.05) is 17.7 Å². The predicted octanol–water partition coefficient (Wildman–Crippen LogP) is 3.98. The number of unbranched alkanes of at least 4 members (excludes halogenated alkanes) is 1. The zero-order valence-corrected chi connectivity index (χ0v) is 13.7. The van der Waals surface area contributed by atoms with Crippen LogP contribution in [0.25, 0.3) is 0 Å². The number of aryl methyl sites for hydroxylation is 2. The molecule has 3 nitrogen and oxygen atoms in total. The van der Waals surface area contributed by atoms with Gasteiger partial charge in [-0.25, -0.2) is 0 Å². The van der Waals surface area contributed by atoms with Gasteiger partial charge in [0.05, 0.1) is 5.69 Å². The minimum Gasteiger partial charge on any atom is -0.312 e. The highest BCUT2D eigenvalue weighted by molar-refractivity contribution is 6.30. The normalized spacial score (nSPS) is 11.0. The highest BCUT2D eigenvalue weighted by Crippen LogP contribution is 2.20. The monoisotopic (exact) mass is 305 g/mol. The molecule has 4 heteroatoms. The Morgan fingerprint density at radius 1 is 1.24 bits per heavy atom. The van der Waals surface area contributed by atoms with Crippen molar-refractivity contribution in [2.45, 2.75) is 46.2 Å².